The molecule has 1 heterocycles. The van der Waals surface area contributed by atoms with E-state index < -0.39 is 12.0 Å². The van der Waals surface area contributed by atoms with Gasteiger partial charge in [0.1, 0.15) is 5.82 Å². The van der Waals surface area contributed by atoms with Gasteiger partial charge in [0, 0.05) is 11.9 Å². The fourth-order valence-corrected chi connectivity index (χ4v) is 1.68. The number of halogens is 1. The molecule has 6 nitrogen and oxygen atoms in total. The summed E-state index contributed by atoms with van der Waals surface area (Å²) in [5, 5.41) is 13.8. The number of hydrogen-bond acceptors (Lipinski definition) is 3. The highest BCUT2D eigenvalue weighted by Crippen LogP contribution is 2.15. The van der Waals surface area contributed by atoms with Crippen LogP contribution in [-0.2, 0) is 0 Å². The Morgan fingerprint density at radius 3 is 2.67 bits per heavy atom. The van der Waals surface area contributed by atoms with Gasteiger partial charge in [-0.2, -0.15) is 0 Å². The van der Waals surface area contributed by atoms with Crippen molar-refractivity contribution >= 4 is 23.4 Å². The van der Waals surface area contributed by atoms with Gasteiger partial charge in [0.15, 0.2) is 5.69 Å². The Bertz CT molecular complexity index is 704. The molecule has 0 aliphatic rings. The molecule has 2 amide bonds. The number of carbonyl (C=O) groups excluding carboxylic acids is 1. The molecule has 0 aliphatic carbocycles. The molecule has 0 aliphatic heterocycles. The Morgan fingerprint density at radius 2 is 2.00 bits per heavy atom. The number of anilines is 2. The topological polar surface area (TPSA) is 91.3 Å². The van der Waals surface area contributed by atoms with Crippen molar-refractivity contribution in [2.75, 3.05) is 10.6 Å². The van der Waals surface area contributed by atoms with Crippen molar-refractivity contribution in [2.45, 2.75) is 6.92 Å². The Labute approximate surface area is 119 Å². The smallest absolute Gasteiger partial charge is 0.356 e. The zero-order chi connectivity index (χ0) is 15.4. The lowest BCUT2D eigenvalue weighted by Crippen LogP contribution is -2.21. The zero-order valence-corrected chi connectivity index (χ0v) is 11.1. The second-order valence-corrected chi connectivity index (χ2v) is 4.25. The van der Waals surface area contributed by atoms with E-state index in [-0.39, 0.29) is 17.2 Å². The number of amides is 2. The van der Waals surface area contributed by atoms with Crippen LogP contribution in [0, 0.1) is 12.7 Å². The third kappa shape index (κ3) is 3.53. The largest absolute Gasteiger partial charge is 0.476 e. The van der Waals surface area contributed by atoms with Crippen molar-refractivity contribution in [3.63, 3.8) is 0 Å². The quantitative estimate of drug-likeness (QED) is 0.810. The van der Waals surface area contributed by atoms with Crippen LogP contribution in [-0.4, -0.2) is 22.1 Å². The molecule has 7 heteroatoms. The summed E-state index contributed by atoms with van der Waals surface area (Å²) in [5.74, 6) is -1.62. The van der Waals surface area contributed by atoms with Gasteiger partial charge >= 0.3 is 12.0 Å². The lowest BCUT2D eigenvalue weighted by molar-refractivity contribution is 0.0691. The van der Waals surface area contributed by atoms with Gasteiger partial charge in [-0.15, -0.1) is 0 Å². The molecular formula is C14H12FN3O3. The molecule has 0 saturated carbocycles. The number of pyridine rings is 1. The first-order valence-electron chi connectivity index (χ1n) is 6.00. The SMILES string of the molecule is Cc1cc(NC(=O)Nc2cccnc2C(=O)O)ccc1F. The predicted molar refractivity (Wildman–Crippen MR) is 75.0 cm³/mol. The summed E-state index contributed by atoms with van der Waals surface area (Å²) in [5.41, 5.74) is 0.594. The van der Waals surface area contributed by atoms with Gasteiger partial charge < -0.3 is 15.7 Å². The van der Waals surface area contributed by atoms with Crippen molar-refractivity contribution in [1.82, 2.24) is 4.98 Å². The number of aryl methyl sites for hydroxylation is 1. The van der Waals surface area contributed by atoms with Crippen molar-refractivity contribution < 1.29 is 19.1 Å². The number of nitrogens with one attached hydrogen (secondary N) is 2. The van der Waals surface area contributed by atoms with Gasteiger partial charge in [-0.25, -0.2) is 19.0 Å². The fraction of sp³-hybridized carbons (Fsp3) is 0.0714. The second kappa shape index (κ2) is 6.00. The highest BCUT2D eigenvalue weighted by Gasteiger charge is 2.13. The fourth-order valence-electron chi connectivity index (χ4n) is 1.68. The first-order valence-corrected chi connectivity index (χ1v) is 6.00. The van der Waals surface area contributed by atoms with E-state index in [4.69, 9.17) is 5.11 Å². The van der Waals surface area contributed by atoms with E-state index in [1.54, 1.807) is 6.92 Å². The van der Waals surface area contributed by atoms with Crippen LogP contribution in [0.5, 0.6) is 0 Å². The number of aromatic nitrogens is 1. The van der Waals surface area contributed by atoms with E-state index in [0.29, 0.717) is 11.3 Å². The summed E-state index contributed by atoms with van der Waals surface area (Å²) >= 11 is 0. The molecule has 0 fully saturated rings. The molecular weight excluding hydrogens is 277 g/mol. The van der Waals surface area contributed by atoms with Gasteiger partial charge in [-0.1, -0.05) is 0 Å². The number of aromatic carboxylic acids is 1. The maximum absolute atomic E-state index is 13.1. The molecule has 3 N–H and O–H groups in total. The van der Waals surface area contributed by atoms with Gasteiger partial charge in [0.05, 0.1) is 5.69 Å². The predicted octanol–water partition coefficient (Wildman–Crippen LogP) is 2.87. The lowest BCUT2D eigenvalue weighted by atomic mass is 10.2. The zero-order valence-electron chi connectivity index (χ0n) is 11.1. The third-order valence-corrected chi connectivity index (χ3v) is 2.67. The molecule has 21 heavy (non-hydrogen) atoms. The summed E-state index contributed by atoms with van der Waals surface area (Å²) in [4.78, 5) is 26.5. The summed E-state index contributed by atoms with van der Waals surface area (Å²) in [6, 6.07) is 6.39. The second-order valence-electron chi connectivity index (χ2n) is 4.25. The standard InChI is InChI=1S/C14H12FN3O3/c1-8-7-9(4-5-10(8)15)17-14(21)18-11-3-2-6-16-12(11)13(19)20/h2-7H,1H3,(H,19,20)(H2,17,18,21). The van der Waals surface area contributed by atoms with Crippen LogP contribution in [0.4, 0.5) is 20.6 Å². The summed E-state index contributed by atoms with van der Waals surface area (Å²) in [6.07, 6.45) is 1.32. The summed E-state index contributed by atoms with van der Waals surface area (Å²) < 4.78 is 13.1. The summed E-state index contributed by atoms with van der Waals surface area (Å²) in [7, 11) is 0. The van der Waals surface area contributed by atoms with Crippen molar-refractivity contribution in [2.24, 2.45) is 0 Å². The van der Waals surface area contributed by atoms with E-state index in [2.05, 4.69) is 15.6 Å². The number of benzene rings is 1. The van der Waals surface area contributed by atoms with Gasteiger partial charge in [-0.05, 0) is 42.8 Å². The molecule has 1 aromatic heterocycles. The molecule has 2 rings (SSSR count). The Balaban J connectivity index is 2.12. The van der Waals surface area contributed by atoms with Crippen LogP contribution in [0.3, 0.4) is 0 Å². The minimum absolute atomic E-state index is 0.0707. The average molecular weight is 289 g/mol. The van der Waals surface area contributed by atoms with Crippen molar-refractivity contribution in [1.29, 1.82) is 0 Å². The molecule has 0 unspecified atom stereocenters. The van der Waals surface area contributed by atoms with Crippen LogP contribution >= 0.6 is 0 Å². The maximum atomic E-state index is 13.1. The van der Waals surface area contributed by atoms with Crippen LogP contribution in [0.25, 0.3) is 0 Å². The van der Waals surface area contributed by atoms with E-state index >= 15 is 0 Å². The molecule has 0 bridgehead atoms. The van der Waals surface area contributed by atoms with Gasteiger partial charge in [-0.3, -0.25) is 0 Å². The Hall–Kier alpha value is -2.96. The van der Waals surface area contributed by atoms with E-state index in [1.807, 2.05) is 0 Å². The monoisotopic (exact) mass is 289 g/mol. The van der Waals surface area contributed by atoms with Crippen molar-refractivity contribution in [3.05, 3.63) is 53.6 Å². The Morgan fingerprint density at radius 1 is 1.24 bits per heavy atom. The number of carboxylic acid groups (broad SMARTS) is 1. The third-order valence-electron chi connectivity index (χ3n) is 2.67. The van der Waals surface area contributed by atoms with E-state index in [9.17, 15) is 14.0 Å². The minimum atomic E-state index is -1.25. The number of hydrogen-bond donors (Lipinski definition) is 3. The van der Waals surface area contributed by atoms with Crippen LogP contribution in [0.15, 0.2) is 36.5 Å². The molecule has 0 radical (unpaired) electrons. The summed E-state index contributed by atoms with van der Waals surface area (Å²) in [6.45, 7) is 1.57. The van der Waals surface area contributed by atoms with E-state index in [1.165, 1.54) is 36.5 Å². The maximum Gasteiger partial charge on any atom is 0.356 e. The molecule has 2 aromatic rings. The first kappa shape index (κ1) is 14.4. The minimum Gasteiger partial charge on any atom is -0.476 e. The molecule has 0 atom stereocenters. The average Bonchev–Trinajstić information content (AvgIpc) is 2.43. The number of carboxylic acids is 1. The van der Waals surface area contributed by atoms with Crippen molar-refractivity contribution in [3.8, 4) is 0 Å². The first-order chi connectivity index (χ1) is 9.97. The number of carbonyl (C=O) groups is 2. The molecule has 0 saturated heterocycles. The van der Waals surface area contributed by atoms with Crippen LogP contribution < -0.4 is 10.6 Å². The highest BCUT2D eigenvalue weighted by molar-refractivity contribution is 6.03. The molecule has 108 valence electrons. The van der Waals surface area contributed by atoms with Crippen LogP contribution in [0.1, 0.15) is 16.1 Å². The van der Waals surface area contributed by atoms with Gasteiger partial charge in [0.2, 0.25) is 0 Å². The molecule has 1 aromatic carbocycles. The van der Waals surface area contributed by atoms with Crippen LogP contribution in [0.2, 0.25) is 0 Å². The normalized spacial score (nSPS) is 10.0. The van der Waals surface area contributed by atoms with Gasteiger partial charge in [0.25, 0.3) is 0 Å². The highest BCUT2D eigenvalue weighted by atomic mass is 19.1. The number of rotatable bonds is 3. The van der Waals surface area contributed by atoms with E-state index in [0.717, 1.165) is 0 Å². The number of nitrogens with zero attached hydrogens (tertiary/aromatic N) is 1. The lowest BCUT2D eigenvalue weighted by Gasteiger charge is -2.09. The Kier molecular flexibility index (Phi) is 4.13. The molecule has 0 spiro atoms. The number of urea groups is 1.